The van der Waals surface area contributed by atoms with Gasteiger partial charge in [0.2, 0.25) is 0 Å². The molecule has 1 saturated carbocycles. The molecular formula is C18H28FN. The maximum atomic E-state index is 13.1. The van der Waals surface area contributed by atoms with Crippen LogP contribution in [0.5, 0.6) is 0 Å². The van der Waals surface area contributed by atoms with Crippen molar-refractivity contribution in [2.45, 2.75) is 65.5 Å². The molecule has 0 spiro atoms. The van der Waals surface area contributed by atoms with E-state index >= 15 is 0 Å². The van der Waals surface area contributed by atoms with Gasteiger partial charge in [0, 0.05) is 12.1 Å². The Bertz CT molecular complexity index is 418. The zero-order valence-electron chi connectivity index (χ0n) is 13.2. The Labute approximate surface area is 123 Å². The quantitative estimate of drug-likeness (QED) is 0.812. The first-order valence-electron chi connectivity index (χ1n) is 7.89. The third-order valence-electron chi connectivity index (χ3n) is 4.56. The summed E-state index contributed by atoms with van der Waals surface area (Å²) in [6.07, 6.45) is 5.26. The number of nitrogens with one attached hydrogen (secondary N) is 1. The van der Waals surface area contributed by atoms with E-state index in [0.29, 0.717) is 6.04 Å². The summed E-state index contributed by atoms with van der Waals surface area (Å²) in [5.41, 5.74) is 1.31. The third kappa shape index (κ3) is 3.82. The van der Waals surface area contributed by atoms with Crippen molar-refractivity contribution in [1.82, 2.24) is 5.32 Å². The zero-order chi connectivity index (χ0) is 14.8. The van der Waals surface area contributed by atoms with Crippen LogP contribution in [0.15, 0.2) is 24.3 Å². The maximum Gasteiger partial charge on any atom is 0.123 e. The lowest BCUT2D eigenvalue weighted by molar-refractivity contribution is 0.192. The summed E-state index contributed by atoms with van der Waals surface area (Å²) in [5, 5.41) is 3.86. The van der Waals surface area contributed by atoms with Crippen LogP contribution >= 0.6 is 0 Å². The summed E-state index contributed by atoms with van der Waals surface area (Å²) >= 11 is 0. The zero-order valence-corrected chi connectivity index (χ0v) is 13.2. The maximum absolute atomic E-state index is 13.1. The largest absolute Gasteiger partial charge is 0.306 e. The average Bonchev–Trinajstić information content (AvgIpc) is 2.38. The molecule has 1 aliphatic rings. The number of halogens is 1. The van der Waals surface area contributed by atoms with Gasteiger partial charge >= 0.3 is 0 Å². The average molecular weight is 277 g/mol. The van der Waals surface area contributed by atoms with E-state index in [-0.39, 0.29) is 17.3 Å². The Hall–Kier alpha value is -0.890. The van der Waals surface area contributed by atoms with Crippen LogP contribution in [0.3, 0.4) is 0 Å². The monoisotopic (exact) mass is 277 g/mol. The second-order valence-corrected chi connectivity index (χ2v) is 7.39. The Balaban J connectivity index is 2.17. The Kier molecular flexibility index (Phi) is 4.85. The van der Waals surface area contributed by atoms with Crippen molar-refractivity contribution in [1.29, 1.82) is 0 Å². The van der Waals surface area contributed by atoms with E-state index in [0.717, 1.165) is 5.92 Å². The lowest BCUT2D eigenvalue weighted by Crippen LogP contribution is -2.43. The molecule has 2 heteroatoms. The summed E-state index contributed by atoms with van der Waals surface area (Å²) in [5.74, 6) is 0.571. The topological polar surface area (TPSA) is 12.0 Å². The van der Waals surface area contributed by atoms with Crippen LogP contribution in [0.4, 0.5) is 4.39 Å². The molecule has 0 saturated heterocycles. The van der Waals surface area contributed by atoms with Crippen molar-refractivity contribution in [2.75, 3.05) is 0 Å². The number of rotatable bonds is 3. The van der Waals surface area contributed by atoms with Gasteiger partial charge in [-0.2, -0.15) is 0 Å². The molecule has 0 aromatic heterocycles. The molecule has 1 N–H and O–H groups in total. The van der Waals surface area contributed by atoms with Crippen LogP contribution in [0.25, 0.3) is 0 Å². The first kappa shape index (κ1) is 15.5. The highest BCUT2D eigenvalue weighted by Gasteiger charge is 2.31. The normalized spacial score (nSPS) is 25.4. The van der Waals surface area contributed by atoms with Gasteiger partial charge in [0.15, 0.2) is 0 Å². The van der Waals surface area contributed by atoms with E-state index in [1.54, 1.807) is 12.1 Å². The van der Waals surface area contributed by atoms with Crippen LogP contribution < -0.4 is 5.32 Å². The number of hydrogen-bond donors (Lipinski definition) is 1. The van der Waals surface area contributed by atoms with Crippen molar-refractivity contribution in [3.63, 3.8) is 0 Å². The van der Waals surface area contributed by atoms with Crippen molar-refractivity contribution >= 4 is 0 Å². The van der Waals surface area contributed by atoms with E-state index in [2.05, 4.69) is 33.0 Å². The highest BCUT2D eigenvalue weighted by molar-refractivity contribution is 5.22. The van der Waals surface area contributed by atoms with E-state index in [9.17, 15) is 4.39 Å². The molecule has 3 atom stereocenters. The number of benzene rings is 1. The Morgan fingerprint density at radius 1 is 1.10 bits per heavy atom. The molecule has 0 aliphatic heterocycles. The van der Waals surface area contributed by atoms with Crippen LogP contribution in [0, 0.1) is 17.2 Å². The summed E-state index contributed by atoms with van der Waals surface area (Å²) in [6, 6.07) is 7.84. The first-order valence-corrected chi connectivity index (χ1v) is 7.89. The van der Waals surface area contributed by atoms with Crippen molar-refractivity contribution < 1.29 is 4.39 Å². The lowest BCUT2D eigenvalue weighted by Gasteiger charge is -2.39. The lowest BCUT2D eigenvalue weighted by atomic mass is 9.79. The highest BCUT2D eigenvalue weighted by Crippen LogP contribution is 2.35. The highest BCUT2D eigenvalue weighted by atomic mass is 19.1. The molecule has 1 aromatic rings. The fraction of sp³-hybridized carbons (Fsp3) is 0.667. The van der Waals surface area contributed by atoms with Crippen molar-refractivity contribution in [3.8, 4) is 0 Å². The predicted octanol–water partition coefficient (Wildman–Crippen LogP) is 5.08. The standard InChI is InChI=1S/C18H28FN/c1-13-7-5-6-8-16(13)20-17(18(2,3)4)14-9-11-15(19)12-10-14/h9-13,16-17,20H,5-8H2,1-4H3. The van der Waals surface area contributed by atoms with Gasteiger partial charge in [0.1, 0.15) is 5.82 Å². The van der Waals surface area contributed by atoms with Gasteiger partial charge in [-0.15, -0.1) is 0 Å². The third-order valence-corrected chi connectivity index (χ3v) is 4.56. The fourth-order valence-corrected chi connectivity index (χ4v) is 3.28. The molecule has 3 unspecified atom stereocenters. The molecule has 1 aliphatic carbocycles. The molecule has 0 amide bonds. The molecule has 20 heavy (non-hydrogen) atoms. The van der Waals surface area contributed by atoms with Crippen LogP contribution in [0.1, 0.15) is 65.0 Å². The fourth-order valence-electron chi connectivity index (χ4n) is 3.28. The summed E-state index contributed by atoms with van der Waals surface area (Å²) in [4.78, 5) is 0. The Morgan fingerprint density at radius 2 is 1.70 bits per heavy atom. The van der Waals surface area contributed by atoms with Gasteiger partial charge in [0.25, 0.3) is 0 Å². The first-order chi connectivity index (χ1) is 9.38. The van der Waals surface area contributed by atoms with Gasteiger partial charge in [-0.25, -0.2) is 4.39 Å². The van der Waals surface area contributed by atoms with Gasteiger partial charge in [-0.3, -0.25) is 0 Å². The van der Waals surface area contributed by atoms with E-state index in [1.165, 1.54) is 31.2 Å². The summed E-state index contributed by atoms with van der Waals surface area (Å²) < 4.78 is 13.1. The summed E-state index contributed by atoms with van der Waals surface area (Å²) in [7, 11) is 0. The van der Waals surface area contributed by atoms with E-state index < -0.39 is 0 Å². The Morgan fingerprint density at radius 3 is 2.25 bits per heavy atom. The number of hydrogen-bond acceptors (Lipinski definition) is 1. The molecule has 1 aromatic carbocycles. The minimum atomic E-state index is -0.160. The van der Waals surface area contributed by atoms with E-state index in [4.69, 9.17) is 0 Å². The predicted molar refractivity (Wildman–Crippen MR) is 83.2 cm³/mol. The molecule has 1 fully saturated rings. The second-order valence-electron chi connectivity index (χ2n) is 7.39. The molecular weight excluding hydrogens is 249 g/mol. The van der Waals surface area contributed by atoms with Gasteiger partial charge in [-0.1, -0.05) is 52.7 Å². The van der Waals surface area contributed by atoms with Crippen LogP contribution in [-0.2, 0) is 0 Å². The molecule has 112 valence electrons. The molecule has 0 bridgehead atoms. The molecule has 1 nitrogen and oxygen atoms in total. The van der Waals surface area contributed by atoms with Crippen molar-refractivity contribution in [2.24, 2.45) is 11.3 Å². The van der Waals surface area contributed by atoms with Gasteiger partial charge in [-0.05, 0) is 41.9 Å². The van der Waals surface area contributed by atoms with E-state index in [1.807, 2.05) is 12.1 Å². The smallest absolute Gasteiger partial charge is 0.123 e. The molecule has 0 radical (unpaired) electrons. The van der Waals surface area contributed by atoms with Crippen molar-refractivity contribution in [3.05, 3.63) is 35.6 Å². The van der Waals surface area contributed by atoms with Gasteiger partial charge in [0.05, 0.1) is 0 Å². The summed E-state index contributed by atoms with van der Waals surface area (Å²) in [6.45, 7) is 9.10. The minimum Gasteiger partial charge on any atom is -0.306 e. The molecule has 0 heterocycles. The SMILES string of the molecule is CC1CCCCC1NC(c1ccc(F)cc1)C(C)(C)C. The molecule has 2 rings (SSSR count). The second kappa shape index (κ2) is 6.26. The van der Waals surface area contributed by atoms with Crippen LogP contribution in [0.2, 0.25) is 0 Å². The van der Waals surface area contributed by atoms with Gasteiger partial charge < -0.3 is 5.32 Å². The van der Waals surface area contributed by atoms with Crippen LogP contribution in [-0.4, -0.2) is 6.04 Å². The minimum absolute atomic E-state index is 0.120.